The second-order valence-electron chi connectivity index (χ2n) is 5.58. The van der Waals surface area contributed by atoms with Crippen molar-refractivity contribution in [1.82, 2.24) is 0 Å². The summed E-state index contributed by atoms with van der Waals surface area (Å²) in [5, 5.41) is 9.94. The number of ketones is 1. The minimum atomic E-state index is -1.39. The molecule has 0 heterocycles. The lowest BCUT2D eigenvalue weighted by atomic mass is 9.89. The standard InChI is InChI=1S/C15H26F2O2/c1-5-11(7-8-16)13(18)9-14(19)12(6-2)10-15(3,4)17/h9,11-12,19H,5-8,10H2,1-4H3/b14-9-. The van der Waals surface area contributed by atoms with E-state index < -0.39 is 18.3 Å². The van der Waals surface area contributed by atoms with E-state index in [1.165, 1.54) is 13.8 Å². The first kappa shape index (κ1) is 18.1. The fourth-order valence-electron chi connectivity index (χ4n) is 2.10. The van der Waals surface area contributed by atoms with Gasteiger partial charge in [-0.25, -0.2) is 4.39 Å². The number of aliphatic hydroxyl groups excluding tert-OH is 1. The molecule has 19 heavy (non-hydrogen) atoms. The average Bonchev–Trinajstić information content (AvgIpc) is 2.31. The van der Waals surface area contributed by atoms with Gasteiger partial charge in [0.15, 0.2) is 5.78 Å². The zero-order valence-corrected chi connectivity index (χ0v) is 12.4. The predicted octanol–water partition coefficient (Wildman–Crippen LogP) is 4.55. The first-order valence-corrected chi connectivity index (χ1v) is 6.94. The van der Waals surface area contributed by atoms with E-state index in [-0.39, 0.29) is 30.3 Å². The molecular weight excluding hydrogens is 250 g/mol. The molecule has 0 spiro atoms. The Morgan fingerprint density at radius 2 is 1.79 bits per heavy atom. The maximum Gasteiger partial charge on any atom is 0.162 e. The SMILES string of the molecule is CCC(CCF)C(=O)/C=C(\O)C(CC)CC(C)(C)F. The van der Waals surface area contributed by atoms with Crippen LogP contribution in [0.2, 0.25) is 0 Å². The third kappa shape index (κ3) is 7.28. The van der Waals surface area contributed by atoms with Gasteiger partial charge >= 0.3 is 0 Å². The van der Waals surface area contributed by atoms with E-state index in [2.05, 4.69) is 0 Å². The van der Waals surface area contributed by atoms with Crippen molar-refractivity contribution in [3.63, 3.8) is 0 Å². The predicted molar refractivity (Wildman–Crippen MR) is 73.7 cm³/mol. The number of hydrogen-bond donors (Lipinski definition) is 1. The molecule has 2 nitrogen and oxygen atoms in total. The molecule has 1 N–H and O–H groups in total. The number of alkyl halides is 2. The second-order valence-corrected chi connectivity index (χ2v) is 5.58. The van der Waals surface area contributed by atoms with Crippen molar-refractivity contribution in [2.24, 2.45) is 11.8 Å². The molecule has 2 unspecified atom stereocenters. The topological polar surface area (TPSA) is 37.3 Å². The van der Waals surface area contributed by atoms with Gasteiger partial charge in [-0.3, -0.25) is 9.18 Å². The molecule has 0 saturated carbocycles. The zero-order chi connectivity index (χ0) is 15.1. The number of carbonyl (C=O) groups excluding carboxylic acids is 1. The number of aliphatic hydroxyl groups is 1. The average molecular weight is 276 g/mol. The van der Waals surface area contributed by atoms with Crippen LogP contribution in [0.15, 0.2) is 11.8 Å². The van der Waals surface area contributed by atoms with E-state index in [9.17, 15) is 18.7 Å². The van der Waals surface area contributed by atoms with Crippen LogP contribution in [0.1, 0.15) is 53.4 Å². The van der Waals surface area contributed by atoms with E-state index in [0.717, 1.165) is 6.08 Å². The van der Waals surface area contributed by atoms with Gasteiger partial charge in [0.2, 0.25) is 0 Å². The van der Waals surface area contributed by atoms with Crippen LogP contribution >= 0.6 is 0 Å². The van der Waals surface area contributed by atoms with E-state index in [4.69, 9.17) is 0 Å². The lowest BCUT2D eigenvalue weighted by Crippen LogP contribution is -2.20. The van der Waals surface area contributed by atoms with Crippen LogP contribution in [0.25, 0.3) is 0 Å². The Kier molecular flexibility index (Phi) is 7.88. The van der Waals surface area contributed by atoms with E-state index in [1.54, 1.807) is 0 Å². The van der Waals surface area contributed by atoms with Crippen LogP contribution in [0.5, 0.6) is 0 Å². The van der Waals surface area contributed by atoms with E-state index in [1.807, 2.05) is 13.8 Å². The molecular formula is C15H26F2O2. The molecule has 0 aromatic rings. The first-order chi connectivity index (χ1) is 8.75. The van der Waals surface area contributed by atoms with Crippen molar-refractivity contribution < 1.29 is 18.7 Å². The van der Waals surface area contributed by atoms with Crippen molar-refractivity contribution in [2.45, 2.75) is 59.0 Å². The van der Waals surface area contributed by atoms with Gasteiger partial charge < -0.3 is 5.11 Å². The molecule has 0 aromatic heterocycles. The molecule has 4 heteroatoms. The summed E-state index contributed by atoms with van der Waals surface area (Å²) >= 11 is 0. The van der Waals surface area contributed by atoms with Gasteiger partial charge in [0, 0.05) is 17.9 Å². The Morgan fingerprint density at radius 3 is 2.16 bits per heavy atom. The summed E-state index contributed by atoms with van der Waals surface area (Å²) < 4.78 is 25.9. The Bertz CT molecular complexity index is 306. The molecule has 2 atom stereocenters. The summed E-state index contributed by atoms with van der Waals surface area (Å²) in [6.45, 7) is 5.99. The molecule has 0 bridgehead atoms. The molecule has 0 radical (unpaired) electrons. The Morgan fingerprint density at radius 1 is 1.26 bits per heavy atom. The van der Waals surface area contributed by atoms with Crippen molar-refractivity contribution in [1.29, 1.82) is 0 Å². The van der Waals surface area contributed by atoms with Gasteiger partial charge in [-0.05, 0) is 39.5 Å². The molecule has 112 valence electrons. The van der Waals surface area contributed by atoms with Gasteiger partial charge in [-0.2, -0.15) is 0 Å². The molecule has 0 aromatic carbocycles. The maximum atomic E-state index is 13.6. The van der Waals surface area contributed by atoms with Gasteiger partial charge in [0.05, 0.1) is 12.4 Å². The molecule has 0 fully saturated rings. The quantitative estimate of drug-likeness (QED) is 0.495. The second kappa shape index (κ2) is 8.28. The Balaban J connectivity index is 4.79. The van der Waals surface area contributed by atoms with Gasteiger partial charge in [-0.1, -0.05) is 13.8 Å². The largest absolute Gasteiger partial charge is 0.512 e. The van der Waals surface area contributed by atoms with Crippen LogP contribution in [0.4, 0.5) is 8.78 Å². The monoisotopic (exact) mass is 276 g/mol. The third-order valence-corrected chi connectivity index (χ3v) is 3.29. The van der Waals surface area contributed by atoms with Crippen LogP contribution in [0, 0.1) is 11.8 Å². The minimum absolute atomic E-state index is 0.0875. The molecule has 0 rings (SSSR count). The van der Waals surface area contributed by atoms with Gasteiger partial charge in [0.25, 0.3) is 0 Å². The van der Waals surface area contributed by atoms with Crippen LogP contribution in [0.3, 0.4) is 0 Å². The molecule has 0 aliphatic rings. The lowest BCUT2D eigenvalue weighted by Gasteiger charge is -2.21. The van der Waals surface area contributed by atoms with Crippen molar-refractivity contribution in [3.05, 3.63) is 11.8 Å². The Labute approximate surface area is 114 Å². The highest BCUT2D eigenvalue weighted by molar-refractivity contribution is 5.92. The molecule has 0 aliphatic carbocycles. The highest BCUT2D eigenvalue weighted by Crippen LogP contribution is 2.27. The molecule has 0 aliphatic heterocycles. The number of hydrogen-bond acceptors (Lipinski definition) is 2. The molecule has 0 saturated heterocycles. The minimum Gasteiger partial charge on any atom is -0.512 e. The van der Waals surface area contributed by atoms with Crippen molar-refractivity contribution in [2.75, 3.05) is 6.67 Å². The van der Waals surface area contributed by atoms with Crippen LogP contribution < -0.4 is 0 Å². The first-order valence-electron chi connectivity index (χ1n) is 6.94. The third-order valence-electron chi connectivity index (χ3n) is 3.29. The number of carbonyl (C=O) groups is 1. The van der Waals surface area contributed by atoms with Crippen LogP contribution in [-0.2, 0) is 4.79 Å². The van der Waals surface area contributed by atoms with Crippen molar-refractivity contribution >= 4 is 5.78 Å². The lowest BCUT2D eigenvalue weighted by molar-refractivity contribution is -0.118. The fourth-order valence-corrected chi connectivity index (χ4v) is 2.10. The summed E-state index contributed by atoms with van der Waals surface area (Å²) in [5.41, 5.74) is -1.39. The van der Waals surface area contributed by atoms with Gasteiger partial charge in [-0.15, -0.1) is 0 Å². The van der Waals surface area contributed by atoms with Gasteiger partial charge in [0.1, 0.15) is 5.67 Å². The normalized spacial score (nSPS) is 16.2. The highest BCUT2D eigenvalue weighted by Gasteiger charge is 2.25. The highest BCUT2D eigenvalue weighted by atomic mass is 19.1. The zero-order valence-electron chi connectivity index (χ0n) is 12.4. The van der Waals surface area contributed by atoms with E-state index in [0.29, 0.717) is 12.8 Å². The van der Waals surface area contributed by atoms with Crippen molar-refractivity contribution in [3.8, 4) is 0 Å². The number of allylic oxidation sites excluding steroid dienone is 2. The summed E-state index contributed by atoms with van der Waals surface area (Å²) in [5.74, 6) is -1.13. The number of rotatable bonds is 9. The van der Waals surface area contributed by atoms with Crippen LogP contribution in [-0.4, -0.2) is 23.2 Å². The fraction of sp³-hybridized carbons (Fsp3) is 0.800. The smallest absolute Gasteiger partial charge is 0.162 e. The van der Waals surface area contributed by atoms with E-state index >= 15 is 0 Å². The summed E-state index contributed by atoms with van der Waals surface area (Å²) in [4.78, 5) is 11.9. The maximum absolute atomic E-state index is 13.6. The summed E-state index contributed by atoms with van der Waals surface area (Å²) in [6.07, 6.45) is 2.59. The molecule has 0 amide bonds. The summed E-state index contributed by atoms with van der Waals surface area (Å²) in [7, 11) is 0. The Hall–Kier alpha value is -0.930. The number of halogens is 2. The summed E-state index contributed by atoms with van der Waals surface area (Å²) in [6, 6.07) is 0.